The molecule has 0 fully saturated rings. The summed E-state index contributed by atoms with van der Waals surface area (Å²) in [5.74, 6) is 0.819. The van der Waals surface area contributed by atoms with E-state index < -0.39 is 0 Å². The van der Waals surface area contributed by atoms with Gasteiger partial charge in [-0.15, -0.1) is 0 Å². The van der Waals surface area contributed by atoms with Crippen molar-refractivity contribution in [3.05, 3.63) is 48.4 Å². The Labute approximate surface area is 124 Å². The van der Waals surface area contributed by atoms with Crippen LogP contribution in [0.2, 0.25) is 0 Å². The van der Waals surface area contributed by atoms with Crippen molar-refractivity contribution in [2.75, 3.05) is 5.32 Å². The Hall–Kier alpha value is -2.43. The summed E-state index contributed by atoms with van der Waals surface area (Å²) in [5.41, 5.74) is 1.97. The number of aromatic nitrogens is 4. The van der Waals surface area contributed by atoms with Crippen LogP contribution in [-0.2, 0) is 12.1 Å². The molecule has 3 rings (SSSR count). The molecule has 0 radical (unpaired) electrons. The van der Waals surface area contributed by atoms with Crippen molar-refractivity contribution in [2.24, 2.45) is 0 Å². The largest absolute Gasteiger partial charge is 0.365 e. The molecule has 0 aliphatic carbocycles. The molecule has 5 heteroatoms. The van der Waals surface area contributed by atoms with Gasteiger partial charge >= 0.3 is 0 Å². The van der Waals surface area contributed by atoms with Crippen LogP contribution < -0.4 is 5.32 Å². The summed E-state index contributed by atoms with van der Waals surface area (Å²) >= 11 is 0. The normalized spacial score (nSPS) is 11.8. The van der Waals surface area contributed by atoms with E-state index in [1.807, 2.05) is 29.1 Å². The zero-order valence-corrected chi connectivity index (χ0v) is 12.5. The molecule has 0 bridgehead atoms. The maximum atomic E-state index is 4.46. The molecule has 0 atom stereocenters. The molecule has 0 aliphatic rings. The Balaban J connectivity index is 1.91. The van der Waals surface area contributed by atoms with Crippen molar-refractivity contribution < 1.29 is 0 Å². The molecule has 5 nitrogen and oxygen atoms in total. The van der Waals surface area contributed by atoms with Gasteiger partial charge in [-0.2, -0.15) is 5.10 Å². The molecule has 1 aromatic carbocycles. The Bertz CT molecular complexity index is 740. The second-order valence-electron chi connectivity index (χ2n) is 6.03. The quantitative estimate of drug-likeness (QED) is 0.801. The number of fused-ring (bicyclic) bond motifs is 1. The number of nitrogens with zero attached hydrogens (tertiary/aromatic N) is 4. The number of nitrogens with one attached hydrogen (secondary N) is 1. The lowest BCUT2D eigenvalue weighted by atomic mass is 10.1. The number of hydrogen-bond donors (Lipinski definition) is 1. The monoisotopic (exact) mass is 281 g/mol. The third kappa shape index (κ3) is 2.72. The minimum atomic E-state index is -0.104. The van der Waals surface area contributed by atoms with E-state index in [0.29, 0.717) is 0 Å². The Morgan fingerprint density at radius 2 is 1.86 bits per heavy atom. The van der Waals surface area contributed by atoms with E-state index in [2.05, 4.69) is 53.3 Å². The lowest BCUT2D eigenvalue weighted by Crippen LogP contribution is -2.23. The number of benzene rings is 1. The van der Waals surface area contributed by atoms with Gasteiger partial charge in [0.25, 0.3) is 0 Å². The van der Waals surface area contributed by atoms with Crippen molar-refractivity contribution in [1.82, 2.24) is 19.7 Å². The molecule has 1 N–H and O–H groups in total. The SMILES string of the molecule is CC(C)(C)n1ncc2c(NCc3ccccc3)ncnc21. The fraction of sp³-hybridized carbons (Fsp3) is 0.312. The first-order valence-corrected chi connectivity index (χ1v) is 7.03. The van der Waals surface area contributed by atoms with Gasteiger partial charge in [-0.1, -0.05) is 30.3 Å². The highest BCUT2D eigenvalue weighted by Crippen LogP contribution is 2.24. The molecule has 0 unspecified atom stereocenters. The smallest absolute Gasteiger partial charge is 0.163 e. The summed E-state index contributed by atoms with van der Waals surface area (Å²) in [6.07, 6.45) is 3.41. The average Bonchev–Trinajstić information content (AvgIpc) is 2.90. The summed E-state index contributed by atoms with van der Waals surface area (Å²) < 4.78 is 1.93. The summed E-state index contributed by atoms with van der Waals surface area (Å²) in [5, 5.41) is 8.77. The lowest BCUT2D eigenvalue weighted by molar-refractivity contribution is 0.366. The van der Waals surface area contributed by atoms with Gasteiger partial charge in [0.1, 0.15) is 12.1 Å². The Morgan fingerprint density at radius 1 is 1.10 bits per heavy atom. The van der Waals surface area contributed by atoms with E-state index in [0.717, 1.165) is 23.4 Å². The molecule has 108 valence electrons. The van der Waals surface area contributed by atoms with E-state index in [1.54, 1.807) is 6.33 Å². The van der Waals surface area contributed by atoms with E-state index >= 15 is 0 Å². The highest BCUT2D eigenvalue weighted by Gasteiger charge is 2.19. The highest BCUT2D eigenvalue weighted by molar-refractivity contribution is 5.86. The zero-order chi connectivity index (χ0) is 14.9. The van der Waals surface area contributed by atoms with Crippen LogP contribution in [0.5, 0.6) is 0 Å². The van der Waals surface area contributed by atoms with Gasteiger partial charge in [0.15, 0.2) is 5.65 Å². The van der Waals surface area contributed by atoms with Gasteiger partial charge in [0.2, 0.25) is 0 Å². The molecule has 0 saturated heterocycles. The van der Waals surface area contributed by atoms with Gasteiger partial charge in [0.05, 0.1) is 17.1 Å². The zero-order valence-electron chi connectivity index (χ0n) is 12.5. The van der Waals surface area contributed by atoms with Crippen LogP contribution in [0, 0.1) is 0 Å². The first-order valence-electron chi connectivity index (χ1n) is 7.03. The summed E-state index contributed by atoms with van der Waals surface area (Å²) in [6.45, 7) is 7.06. The molecular formula is C16H19N5. The van der Waals surface area contributed by atoms with Crippen LogP contribution in [0.25, 0.3) is 11.0 Å². The van der Waals surface area contributed by atoms with Crippen LogP contribution in [0.4, 0.5) is 5.82 Å². The summed E-state index contributed by atoms with van der Waals surface area (Å²) in [4.78, 5) is 8.71. The second-order valence-corrected chi connectivity index (χ2v) is 6.03. The van der Waals surface area contributed by atoms with Gasteiger partial charge in [-0.05, 0) is 26.3 Å². The van der Waals surface area contributed by atoms with E-state index in [4.69, 9.17) is 0 Å². The summed E-state index contributed by atoms with van der Waals surface area (Å²) in [7, 11) is 0. The number of rotatable bonds is 3. The molecule has 0 aliphatic heterocycles. The van der Waals surface area contributed by atoms with Crippen molar-refractivity contribution in [3.63, 3.8) is 0 Å². The van der Waals surface area contributed by atoms with Crippen LogP contribution in [-0.4, -0.2) is 19.7 Å². The third-order valence-electron chi connectivity index (χ3n) is 3.30. The fourth-order valence-corrected chi connectivity index (χ4v) is 2.26. The highest BCUT2D eigenvalue weighted by atomic mass is 15.3. The van der Waals surface area contributed by atoms with Crippen LogP contribution in [0.3, 0.4) is 0 Å². The molecule has 2 aromatic heterocycles. The van der Waals surface area contributed by atoms with Crippen LogP contribution in [0.1, 0.15) is 26.3 Å². The molecular weight excluding hydrogens is 262 g/mol. The first kappa shape index (κ1) is 13.5. The van der Waals surface area contributed by atoms with Gasteiger partial charge in [-0.3, -0.25) is 0 Å². The third-order valence-corrected chi connectivity index (χ3v) is 3.30. The Morgan fingerprint density at radius 3 is 2.57 bits per heavy atom. The minimum absolute atomic E-state index is 0.104. The standard InChI is InChI=1S/C16H19N5/c1-16(2,3)21-15-13(10-20-21)14(18-11-19-15)17-9-12-7-5-4-6-8-12/h4-8,10-11H,9H2,1-3H3,(H,17,18,19). The topological polar surface area (TPSA) is 55.6 Å². The average molecular weight is 281 g/mol. The molecule has 2 heterocycles. The second kappa shape index (κ2) is 5.16. The van der Waals surface area contributed by atoms with Crippen molar-refractivity contribution >= 4 is 16.9 Å². The number of hydrogen-bond acceptors (Lipinski definition) is 4. The van der Waals surface area contributed by atoms with E-state index in [9.17, 15) is 0 Å². The summed E-state index contributed by atoms with van der Waals surface area (Å²) in [6, 6.07) is 10.3. The lowest BCUT2D eigenvalue weighted by Gasteiger charge is -2.19. The van der Waals surface area contributed by atoms with Crippen molar-refractivity contribution in [3.8, 4) is 0 Å². The first-order chi connectivity index (χ1) is 10.1. The molecule has 3 aromatic rings. The van der Waals surface area contributed by atoms with E-state index in [-0.39, 0.29) is 5.54 Å². The van der Waals surface area contributed by atoms with Crippen molar-refractivity contribution in [2.45, 2.75) is 32.9 Å². The maximum Gasteiger partial charge on any atom is 0.163 e. The van der Waals surface area contributed by atoms with E-state index in [1.165, 1.54) is 5.56 Å². The van der Waals surface area contributed by atoms with Crippen molar-refractivity contribution in [1.29, 1.82) is 0 Å². The Kier molecular flexibility index (Phi) is 3.33. The maximum absolute atomic E-state index is 4.46. The van der Waals surface area contributed by atoms with Gasteiger partial charge in [0, 0.05) is 6.54 Å². The van der Waals surface area contributed by atoms with Gasteiger partial charge in [-0.25, -0.2) is 14.6 Å². The predicted molar refractivity (Wildman–Crippen MR) is 84.1 cm³/mol. The molecule has 0 saturated carbocycles. The van der Waals surface area contributed by atoms with Gasteiger partial charge < -0.3 is 5.32 Å². The number of anilines is 1. The molecule has 21 heavy (non-hydrogen) atoms. The predicted octanol–water partition coefficient (Wildman–Crippen LogP) is 3.19. The van der Waals surface area contributed by atoms with Crippen LogP contribution in [0.15, 0.2) is 42.9 Å². The van der Waals surface area contributed by atoms with Crippen LogP contribution >= 0.6 is 0 Å². The minimum Gasteiger partial charge on any atom is -0.365 e. The molecule has 0 spiro atoms. The fourth-order valence-electron chi connectivity index (χ4n) is 2.26. The molecule has 0 amide bonds.